The minimum atomic E-state index is -1.35. The van der Waals surface area contributed by atoms with Crippen molar-refractivity contribution in [2.45, 2.75) is 19.4 Å². The Morgan fingerprint density at radius 1 is 1.43 bits per heavy atom. The first-order valence-corrected chi connectivity index (χ1v) is 10.5. The van der Waals surface area contributed by atoms with Crippen LogP contribution in [0.25, 0.3) is 0 Å². The highest BCUT2D eigenvalue weighted by Gasteiger charge is 2.38. The van der Waals surface area contributed by atoms with Crippen LogP contribution in [0.2, 0.25) is 0 Å². The predicted octanol–water partition coefficient (Wildman–Crippen LogP) is 1.74. The van der Waals surface area contributed by atoms with Crippen molar-refractivity contribution in [3.63, 3.8) is 0 Å². The van der Waals surface area contributed by atoms with E-state index < -0.39 is 22.4 Å². The third-order valence-electron chi connectivity index (χ3n) is 4.64. The standard InChI is InChI=1S/C20H22N6O3S/c1-4-29-17-8-6-14(24-18(27)16-7-5-13(10-21)11-23-16)9-15(17)20(2)12-30(28)26(3)19(22)25-20/h5-9,11H,4,12H2,1-3H3,(H2,22,25)(H,24,27)/t20-,30?/m0/s1. The van der Waals surface area contributed by atoms with Crippen LogP contribution in [0, 0.1) is 11.3 Å². The van der Waals surface area contributed by atoms with E-state index in [-0.39, 0.29) is 17.4 Å². The van der Waals surface area contributed by atoms with E-state index in [2.05, 4.69) is 15.3 Å². The number of amides is 1. The van der Waals surface area contributed by atoms with Gasteiger partial charge in [-0.05, 0) is 44.2 Å². The lowest BCUT2D eigenvalue weighted by Gasteiger charge is -2.35. The van der Waals surface area contributed by atoms with Crippen molar-refractivity contribution in [3.8, 4) is 11.8 Å². The molecule has 0 aliphatic carbocycles. The van der Waals surface area contributed by atoms with Crippen LogP contribution in [0.15, 0.2) is 41.5 Å². The molecule has 1 aliphatic rings. The van der Waals surface area contributed by atoms with Gasteiger partial charge in [0.1, 0.15) is 34.0 Å². The average molecular weight is 427 g/mol. The van der Waals surface area contributed by atoms with Crippen LogP contribution in [0.3, 0.4) is 0 Å². The van der Waals surface area contributed by atoms with Crippen molar-refractivity contribution in [1.82, 2.24) is 9.29 Å². The second-order valence-electron chi connectivity index (χ2n) is 6.85. The van der Waals surface area contributed by atoms with Gasteiger partial charge in [0.05, 0.1) is 17.9 Å². The molecule has 0 fully saturated rings. The van der Waals surface area contributed by atoms with Crippen molar-refractivity contribution in [3.05, 3.63) is 53.3 Å². The summed E-state index contributed by atoms with van der Waals surface area (Å²) in [4.78, 5) is 21.1. The highest BCUT2D eigenvalue weighted by Crippen LogP contribution is 2.38. The Kier molecular flexibility index (Phi) is 6.03. The number of pyridine rings is 1. The fourth-order valence-corrected chi connectivity index (χ4v) is 4.18. The van der Waals surface area contributed by atoms with E-state index in [1.54, 1.807) is 25.2 Å². The van der Waals surface area contributed by atoms with Crippen LogP contribution in [0.1, 0.15) is 35.5 Å². The number of nitriles is 1. The van der Waals surface area contributed by atoms with Gasteiger partial charge in [-0.2, -0.15) is 5.26 Å². The minimum Gasteiger partial charge on any atom is -0.494 e. The first-order valence-electron chi connectivity index (χ1n) is 9.20. The zero-order valence-corrected chi connectivity index (χ0v) is 17.7. The summed E-state index contributed by atoms with van der Waals surface area (Å²) < 4.78 is 19.7. The molecule has 0 bridgehead atoms. The van der Waals surface area contributed by atoms with Gasteiger partial charge in [0, 0.05) is 24.5 Å². The largest absolute Gasteiger partial charge is 0.494 e. The Hall–Kier alpha value is -3.45. The molecular weight excluding hydrogens is 404 g/mol. The molecule has 3 N–H and O–H groups in total. The van der Waals surface area contributed by atoms with E-state index in [0.717, 1.165) is 0 Å². The molecule has 3 rings (SSSR count). The molecule has 9 nitrogen and oxygen atoms in total. The molecule has 0 saturated heterocycles. The first-order chi connectivity index (χ1) is 14.3. The van der Waals surface area contributed by atoms with E-state index in [0.29, 0.717) is 29.2 Å². The van der Waals surface area contributed by atoms with Crippen molar-refractivity contribution in [2.75, 3.05) is 24.7 Å². The van der Waals surface area contributed by atoms with E-state index in [1.165, 1.54) is 22.6 Å². The first kappa shape index (κ1) is 21.3. The quantitative estimate of drug-likeness (QED) is 0.748. The number of guanidine groups is 1. The number of benzene rings is 1. The van der Waals surface area contributed by atoms with Crippen molar-refractivity contribution < 1.29 is 13.7 Å². The molecule has 0 spiro atoms. The SMILES string of the molecule is CCOc1ccc(NC(=O)c2ccc(C#N)cn2)cc1[C@]1(C)CS(=O)N(C)C(N)=N1. The van der Waals surface area contributed by atoms with Gasteiger partial charge in [0.2, 0.25) is 5.96 Å². The third kappa shape index (κ3) is 4.26. The van der Waals surface area contributed by atoms with E-state index in [9.17, 15) is 9.00 Å². The molecule has 0 radical (unpaired) electrons. The van der Waals surface area contributed by atoms with Gasteiger partial charge in [0.25, 0.3) is 5.91 Å². The van der Waals surface area contributed by atoms with Gasteiger partial charge >= 0.3 is 0 Å². The predicted molar refractivity (Wildman–Crippen MR) is 114 cm³/mol. The second kappa shape index (κ2) is 8.51. The van der Waals surface area contributed by atoms with Gasteiger partial charge < -0.3 is 15.8 Å². The van der Waals surface area contributed by atoms with Crippen LogP contribution < -0.4 is 15.8 Å². The summed E-state index contributed by atoms with van der Waals surface area (Å²) in [5.41, 5.74) is 6.79. The fraction of sp³-hybridized carbons (Fsp3) is 0.300. The number of carbonyl (C=O) groups excluding carboxylic acids is 1. The Morgan fingerprint density at radius 2 is 2.20 bits per heavy atom. The van der Waals surface area contributed by atoms with Gasteiger partial charge in [-0.1, -0.05) is 0 Å². The second-order valence-corrected chi connectivity index (χ2v) is 8.33. The number of aliphatic imine (C=N–C) groups is 1. The van der Waals surface area contributed by atoms with Gasteiger partial charge in [0.15, 0.2) is 0 Å². The minimum absolute atomic E-state index is 0.167. The summed E-state index contributed by atoms with van der Waals surface area (Å²) in [6.07, 6.45) is 1.34. The van der Waals surface area contributed by atoms with E-state index >= 15 is 0 Å². The lowest BCUT2D eigenvalue weighted by atomic mass is 9.93. The number of hydrogen-bond donors (Lipinski definition) is 2. The number of hydrogen-bond acceptors (Lipinski definition) is 7. The Labute approximate surface area is 177 Å². The maximum atomic E-state index is 12.5. The van der Waals surface area contributed by atoms with Crippen LogP contribution in [-0.2, 0) is 16.5 Å². The molecule has 2 aromatic rings. The Bertz CT molecular complexity index is 1060. The summed E-state index contributed by atoms with van der Waals surface area (Å²) >= 11 is 0. The maximum Gasteiger partial charge on any atom is 0.274 e. The number of anilines is 1. The Morgan fingerprint density at radius 3 is 2.80 bits per heavy atom. The molecule has 1 aliphatic heterocycles. The average Bonchev–Trinajstić information content (AvgIpc) is 2.73. The van der Waals surface area contributed by atoms with Gasteiger partial charge in [-0.15, -0.1) is 0 Å². The number of nitrogens with zero attached hydrogens (tertiary/aromatic N) is 4. The molecule has 1 aromatic carbocycles. The van der Waals surface area contributed by atoms with Crippen LogP contribution >= 0.6 is 0 Å². The maximum absolute atomic E-state index is 12.5. The summed E-state index contributed by atoms with van der Waals surface area (Å²) in [5, 5.41) is 11.6. The molecule has 156 valence electrons. The number of ether oxygens (including phenoxy) is 1. The van der Waals surface area contributed by atoms with Crippen molar-refractivity contribution in [1.29, 1.82) is 5.26 Å². The highest BCUT2D eigenvalue weighted by atomic mass is 32.2. The van der Waals surface area contributed by atoms with Gasteiger partial charge in [-0.25, -0.2) is 14.2 Å². The summed E-state index contributed by atoms with van der Waals surface area (Å²) in [6.45, 7) is 4.13. The van der Waals surface area contributed by atoms with Crippen LogP contribution in [-0.4, -0.2) is 44.8 Å². The van der Waals surface area contributed by atoms with E-state index in [1.807, 2.05) is 19.9 Å². The summed E-state index contributed by atoms with van der Waals surface area (Å²) in [7, 11) is 0.275. The number of carbonyl (C=O) groups is 1. The highest BCUT2D eigenvalue weighted by molar-refractivity contribution is 7.83. The van der Waals surface area contributed by atoms with Crippen LogP contribution in [0.4, 0.5) is 5.69 Å². The molecule has 2 atom stereocenters. The smallest absolute Gasteiger partial charge is 0.274 e. The topological polar surface area (TPSA) is 134 Å². The number of aromatic nitrogens is 1. The van der Waals surface area contributed by atoms with Gasteiger partial charge in [-0.3, -0.25) is 9.10 Å². The molecule has 1 aromatic heterocycles. The molecular formula is C20H22N6O3S. The zero-order chi connectivity index (χ0) is 21.9. The molecule has 0 saturated carbocycles. The van der Waals surface area contributed by atoms with Crippen molar-refractivity contribution in [2.24, 2.45) is 10.7 Å². The number of nitrogens with one attached hydrogen (secondary N) is 1. The van der Waals surface area contributed by atoms with Crippen LogP contribution in [0.5, 0.6) is 5.75 Å². The molecule has 1 unspecified atom stereocenters. The number of nitrogens with two attached hydrogens (primary N) is 1. The normalized spacial score (nSPS) is 20.8. The lowest BCUT2D eigenvalue weighted by Crippen LogP contribution is -2.47. The third-order valence-corrected chi connectivity index (χ3v) is 6.24. The Balaban J connectivity index is 1.96. The van der Waals surface area contributed by atoms with Crippen molar-refractivity contribution >= 4 is 28.5 Å². The summed E-state index contributed by atoms with van der Waals surface area (Å²) in [6, 6.07) is 10.2. The summed E-state index contributed by atoms with van der Waals surface area (Å²) in [5.74, 6) is 0.543. The molecule has 30 heavy (non-hydrogen) atoms. The number of rotatable bonds is 5. The molecule has 10 heteroatoms. The fourth-order valence-electron chi connectivity index (χ4n) is 3.03. The molecule has 1 amide bonds. The lowest BCUT2D eigenvalue weighted by molar-refractivity contribution is 0.102. The molecule has 2 heterocycles. The zero-order valence-electron chi connectivity index (χ0n) is 16.9. The van der Waals surface area contributed by atoms with E-state index in [4.69, 9.17) is 15.7 Å². The monoisotopic (exact) mass is 426 g/mol.